The molecule has 3 rings (SSSR count). The number of aromatic nitrogens is 1. The van der Waals surface area contributed by atoms with Crippen LogP contribution in [0.2, 0.25) is 0 Å². The van der Waals surface area contributed by atoms with Crippen LogP contribution in [-0.4, -0.2) is 30.0 Å². The van der Waals surface area contributed by atoms with E-state index in [9.17, 15) is 9.59 Å². The first kappa shape index (κ1) is 14.5. The maximum absolute atomic E-state index is 12.0. The van der Waals surface area contributed by atoms with Crippen LogP contribution in [0.1, 0.15) is 20.8 Å². The molecule has 0 spiro atoms. The van der Waals surface area contributed by atoms with Crippen molar-refractivity contribution in [3.8, 4) is 11.5 Å². The van der Waals surface area contributed by atoms with Crippen molar-refractivity contribution in [2.24, 2.45) is 0 Å². The molecule has 7 nitrogen and oxygen atoms in total. The summed E-state index contributed by atoms with van der Waals surface area (Å²) in [7, 11) is 0. The molecular weight excluding hydrogens is 354 g/mol. The lowest BCUT2D eigenvalue weighted by atomic mass is 10.2. The van der Waals surface area contributed by atoms with Gasteiger partial charge in [-0.3, -0.25) is 20.4 Å². The number of rotatable bonds is 2. The van der Waals surface area contributed by atoms with E-state index in [-0.39, 0.29) is 0 Å². The van der Waals surface area contributed by atoms with Crippen LogP contribution in [0.25, 0.3) is 0 Å². The van der Waals surface area contributed by atoms with E-state index in [2.05, 4.69) is 31.8 Å². The van der Waals surface area contributed by atoms with E-state index in [0.717, 1.165) is 4.47 Å². The van der Waals surface area contributed by atoms with Gasteiger partial charge in [0.25, 0.3) is 11.8 Å². The van der Waals surface area contributed by atoms with Crippen LogP contribution >= 0.6 is 15.9 Å². The number of carbonyl (C=O) groups is 2. The first-order chi connectivity index (χ1) is 10.6. The van der Waals surface area contributed by atoms with Crippen molar-refractivity contribution < 1.29 is 19.1 Å². The van der Waals surface area contributed by atoms with Gasteiger partial charge in [0.1, 0.15) is 18.9 Å². The van der Waals surface area contributed by atoms with Crippen molar-refractivity contribution in [1.29, 1.82) is 0 Å². The van der Waals surface area contributed by atoms with E-state index in [1.54, 1.807) is 30.5 Å². The number of hydrogen-bond acceptors (Lipinski definition) is 4. The molecule has 0 saturated carbocycles. The second-order valence-electron chi connectivity index (χ2n) is 4.50. The molecule has 8 heteroatoms. The third-order valence-corrected chi connectivity index (χ3v) is 3.44. The summed E-state index contributed by atoms with van der Waals surface area (Å²) < 4.78 is 11.5. The molecule has 22 heavy (non-hydrogen) atoms. The maximum atomic E-state index is 12.0. The molecule has 0 aliphatic carbocycles. The Kier molecular flexibility index (Phi) is 4.01. The number of hydrogen-bond donors (Lipinski definition) is 3. The highest BCUT2D eigenvalue weighted by molar-refractivity contribution is 9.10. The van der Waals surface area contributed by atoms with Crippen LogP contribution in [0.5, 0.6) is 11.5 Å². The second kappa shape index (κ2) is 6.10. The Hall–Kier alpha value is -2.48. The molecule has 0 saturated heterocycles. The zero-order valence-electron chi connectivity index (χ0n) is 11.3. The van der Waals surface area contributed by atoms with Gasteiger partial charge in [-0.25, -0.2) is 0 Å². The number of nitrogens with one attached hydrogen (secondary N) is 3. The van der Waals surface area contributed by atoms with Gasteiger partial charge in [0, 0.05) is 16.2 Å². The summed E-state index contributed by atoms with van der Waals surface area (Å²) in [6, 6.07) is 6.43. The molecule has 1 aromatic carbocycles. The summed E-state index contributed by atoms with van der Waals surface area (Å²) in [5.41, 5.74) is 5.36. The topological polar surface area (TPSA) is 92.5 Å². The first-order valence-electron chi connectivity index (χ1n) is 6.48. The molecule has 0 fully saturated rings. The normalized spacial score (nSPS) is 12.6. The highest BCUT2D eigenvalue weighted by Crippen LogP contribution is 2.30. The van der Waals surface area contributed by atoms with Gasteiger partial charge in [0.2, 0.25) is 0 Å². The summed E-state index contributed by atoms with van der Waals surface area (Å²) in [6.45, 7) is 0.927. The second-order valence-corrected chi connectivity index (χ2v) is 5.41. The number of halogens is 1. The van der Waals surface area contributed by atoms with Crippen LogP contribution in [0, 0.1) is 0 Å². The summed E-state index contributed by atoms with van der Waals surface area (Å²) >= 11 is 3.23. The van der Waals surface area contributed by atoms with Gasteiger partial charge in [-0.15, -0.1) is 0 Å². The molecule has 0 radical (unpaired) electrons. The van der Waals surface area contributed by atoms with E-state index in [0.29, 0.717) is 36.0 Å². The number of benzene rings is 1. The van der Waals surface area contributed by atoms with Gasteiger partial charge in [-0.1, -0.05) is 0 Å². The number of fused-ring (bicyclic) bond motifs is 1. The van der Waals surface area contributed by atoms with E-state index in [4.69, 9.17) is 9.47 Å². The van der Waals surface area contributed by atoms with E-state index in [1.165, 1.54) is 0 Å². The minimum absolute atomic E-state index is 0.328. The number of H-pyrrole nitrogens is 1. The lowest BCUT2D eigenvalue weighted by Crippen LogP contribution is -2.41. The summed E-state index contributed by atoms with van der Waals surface area (Å²) in [6.07, 6.45) is 1.62. The third-order valence-electron chi connectivity index (χ3n) is 2.99. The third kappa shape index (κ3) is 3.06. The highest BCUT2D eigenvalue weighted by atomic mass is 79.9. The van der Waals surface area contributed by atoms with Crippen molar-refractivity contribution in [2.45, 2.75) is 0 Å². The Bertz CT molecular complexity index is 729. The van der Waals surface area contributed by atoms with E-state index < -0.39 is 11.8 Å². The van der Waals surface area contributed by atoms with Gasteiger partial charge in [0.05, 0.1) is 0 Å². The van der Waals surface area contributed by atoms with Gasteiger partial charge in [0.15, 0.2) is 11.5 Å². The predicted molar refractivity (Wildman–Crippen MR) is 80.9 cm³/mol. The lowest BCUT2D eigenvalue weighted by molar-refractivity contribution is 0.0843. The molecule has 0 atom stereocenters. The number of ether oxygens (including phenoxy) is 2. The minimum Gasteiger partial charge on any atom is -0.486 e. The quantitative estimate of drug-likeness (QED) is 0.705. The van der Waals surface area contributed by atoms with Crippen LogP contribution in [0.4, 0.5) is 0 Å². The monoisotopic (exact) mass is 365 g/mol. The number of amides is 2. The van der Waals surface area contributed by atoms with Gasteiger partial charge < -0.3 is 14.5 Å². The highest BCUT2D eigenvalue weighted by Gasteiger charge is 2.15. The zero-order valence-corrected chi connectivity index (χ0v) is 12.9. The van der Waals surface area contributed by atoms with Crippen molar-refractivity contribution in [1.82, 2.24) is 15.8 Å². The van der Waals surface area contributed by atoms with Crippen LogP contribution in [0.3, 0.4) is 0 Å². The smallest absolute Gasteiger partial charge is 0.286 e. The number of carbonyl (C=O) groups excluding carboxylic acids is 2. The fourth-order valence-corrected chi connectivity index (χ4v) is 2.28. The molecule has 2 heterocycles. The summed E-state index contributed by atoms with van der Waals surface area (Å²) in [5, 5.41) is 0. The average Bonchev–Trinajstić information content (AvgIpc) is 2.98. The standard InChI is InChI=1S/C14H12BrN3O4/c15-9-6-10(16-7-9)14(20)18-17-13(19)8-1-2-11-12(5-8)22-4-3-21-11/h1-2,5-7,16H,3-4H2,(H,17,19)(H,18,20). The Balaban J connectivity index is 1.63. The first-order valence-corrected chi connectivity index (χ1v) is 7.27. The molecule has 0 bridgehead atoms. The molecule has 1 aromatic heterocycles. The van der Waals surface area contributed by atoms with Crippen molar-refractivity contribution in [2.75, 3.05) is 13.2 Å². The molecule has 2 aromatic rings. The van der Waals surface area contributed by atoms with Gasteiger partial charge in [-0.05, 0) is 40.2 Å². The van der Waals surface area contributed by atoms with Crippen LogP contribution < -0.4 is 20.3 Å². The van der Waals surface area contributed by atoms with Crippen LogP contribution in [-0.2, 0) is 0 Å². The Morgan fingerprint density at radius 1 is 1.05 bits per heavy atom. The molecule has 114 valence electrons. The molecule has 1 aliphatic heterocycles. The Morgan fingerprint density at radius 3 is 2.50 bits per heavy atom. The van der Waals surface area contributed by atoms with Crippen molar-refractivity contribution in [3.63, 3.8) is 0 Å². The van der Waals surface area contributed by atoms with Gasteiger partial charge >= 0.3 is 0 Å². The van der Waals surface area contributed by atoms with Crippen LogP contribution in [0.15, 0.2) is 34.9 Å². The Labute approximate surface area is 134 Å². The molecule has 0 unspecified atom stereocenters. The SMILES string of the molecule is O=C(NNC(=O)c1cc(Br)c[nH]1)c1ccc2c(c1)OCCO2. The summed E-state index contributed by atoms with van der Waals surface area (Å²) in [4.78, 5) is 26.6. The zero-order chi connectivity index (χ0) is 15.5. The van der Waals surface area contributed by atoms with Gasteiger partial charge in [-0.2, -0.15) is 0 Å². The molecular formula is C14H12BrN3O4. The Morgan fingerprint density at radius 2 is 1.77 bits per heavy atom. The van der Waals surface area contributed by atoms with Crippen molar-refractivity contribution >= 4 is 27.7 Å². The fourth-order valence-electron chi connectivity index (χ4n) is 1.94. The minimum atomic E-state index is -0.448. The summed E-state index contributed by atoms with van der Waals surface area (Å²) in [5.74, 6) is 0.217. The number of hydrazine groups is 1. The van der Waals surface area contributed by atoms with E-state index >= 15 is 0 Å². The van der Waals surface area contributed by atoms with E-state index in [1.807, 2.05) is 0 Å². The average molecular weight is 366 g/mol. The van der Waals surface area contributed by atoms with Crippen molar-refractivity contribution in [3.05, 3.63) is 46.2 Å². The molecule has 3 N–H and O–H groups in total. The molecule has 1 aliphatic rings. The predicted octanol–water partition coefficient (Wildman–Crippen LogP) is 1.62. The lowest BCUT2D eigenvalue weighted by Gasteiger charge is -2.18. The number of aromatic amines is 1. The largest absolute Gasteiger partial charge is 0.486 e. The maximum Gasteiger partial charge on any atom is 0.286 e. The fraction of sp³-hybridized carbons (Fsp3) is 0.143. The molecule has 2 amide bonds.